The predicted molar refractivity (Wildman–Crippen MR) is 33.5 cm³/mol. The fourth-order valence-corrected chi connectivity index (χ4v) is 0.443. The SMILES string of the molecule is CC(=O)[C@@](N)(C(=O)O)C(O)O. The van der Waals surface area contributed by atoms with Crippen molar-refractivity contribution < 1.29 is 24.9 Å². The molecule has 0 unspecified atom stereocenters. The maximum Gasteiger partial charge on any atom is 0.336 e. The van der Waals surface area contributed by atoms with Gasteiger partial charge in [-0.2, -0.15) is 0 Å². The molecule has 0 aromatic carbocycles. The van der Waals surface area contributed by atoms with Crippen LogP contribution < -0.4 is 5.73 Å². The van der Waals surface area contributed by atoms with E-state index in [1.807, 2.05) is 0 Å². The molecule has 6 heteroatoms. The summed E-state index contributed by atoms with van der Waals surface area (Å²) >= 11 is 0. The highest BCUT2D eigenvalue weighted by Crippen LogP contribution is 2.06. The molecule has 0 heterocycles. The van der Waals surface area contributed by atoms with E-state index in [4.69, 9.17) is 21.1 Å². The van der Waals surface area contributed by atoms with Gasteiger partial charge < -0.3 is 21.1 Å². The van der Waals surface area contributed by atoms with Crippen molar-refractivity contribution in [2.75, 3.05) is 0 Å². The van der Waals surface area contributed by atoms with Crippen molar-refractivity contribution in [3.05, 3.63) is 0 Å². The van der Waals surface area contributed by atoms with E-state index >= 15 is 0 Å². The van der Waals surface area contributed by atoms with Gasteiger partial charge in [0, 0.05) is 0 Å². The highest BCUT2D eigenvalue weighted by Gasteiger charge is 2.45. The molecule has 0 aromatic heterocycles. The van der Waals surface area contributed by atoms with Crippen molar-refractivity contribution in [2.45, 2.75) is 18.8 Å². The standard InChI is InChI=1S/C5H9NO5/c1-2(7)5(6,3(8)9)4(10)11/h3,8-9H,6H2,1H3,(H,10,11)/t5-/m0/s1. The van der Waals surface area contributed by atoms with E-state index in [1.165, 1.54) is 0 Å². The summed E-state index contributed by atoms with van der Waals surface area (Å²) in [6.45, 7) is 0.869. The van der Waals surface area contributed by atoms with Gasteiger partial charge in [0.1, 0.15) is 0 Å². The van der Waals surface area contributed by atoms with Gasteiger partial charge >= 0.3 is 5.97 Å². The molecule has 0 fully saturated rings. The smallest absolute Gasteiger partial charge is 0.336 e. The zero-order valence-electron chi connectivity index (χ0n) is 5.81. The van der Waals surface area contributed by atoms with Crippen LogP contribution in [0.15, 0.2) is 0 Å². The molecule has 0 aromatic rings. The predicted octanol–water partition coefficient (Wildman–Crippen LogP) is -2.33. The maximum atomic E-state index is 10.5. The summed E-state index contributed by atoms with van der Waals surface area (Å²) in [4.78, 5) is 20.8. The molecule has 5 N–H and O–H groups in total. The second-order valence-corrected chi connectivity index (χ2v) is 2.10. The highest BCUT2D eigenvalue weighted by molar-refractivity contribution is 6.06. The second-order valence-electron chi connectivity index (χ2n) is 2.10. The van der Waals surface area contributed by atoms with Gasteiger partial charge in [0.25, 0.3) is 0 Å². The molecule has 0 aliphatic carbocycles. The molecule has 1 atom stereocenters. The number of hydrogen-bond acceptors (Lipinski definition) is 5. The van der Waals surface area contributed by atoms with Crippen molar-refractivity contribution in [2.24, 2.45) is 5.73 Å². The Morgan fingerprint density at radius 1 is 1.45 bits per heavy atom. The second kappa shape index (κ2) is 2.95. The molecule has 6 nitrogen and oxygen atoms in total. The largest absolute Gasteiger partial charge is 0.479 e. The van der Waals surface area contributed by atoms with Crippen LogP contribution in [0.1, 0.15) is 6.92 Å². The zero-order valence-corrected chi connectivity index (χ0v) is 5.81. The first-order chi connectivity index (χ1) is 4.83. The van der Waals surface area contributed by atoms with Gasteiger partial charge in [-0.25, -0.2) is 4.79 Å². The zero-order chi connectivity index (χ0) is 9.23. The van der Waals surface area contributed by atoms with Gasteiger partial charge in [0.05, 0.1) is 0 Å². The molecule has 0 saturated carbocycles. The molecule has 0 rings (SSSR count). The minimum absolute atomic E-state index is 0.869. The molecule has 0 saturated heterocycles. The summed E-state index contributed by atoms with van der Waals surface area (Å²) < 4.78 is 0. The Balaban J connectivity index is 4.82. The summed E-state index contributed by atoms with van der Waals surface area (Å²) in [5, 5.41) is 25.2. The van der Waals surface area contributed by atoms with Crippen molar-refractivity contribution >= 4 is 11.8 Å². The van der Waals surface area contributed by atoms with E-state index in [0.717, 1.165) is 6.92 Å². The average molecular weight is 163 g/mol. The number of hydrogen-bond donors (Lipinski definition) is 4. The van der Waals surface area contributed by atoms with E-state index in [0.29, 0.717) is 0 Å². The number of carboxylic acid groups (broad SMARTS) is 1. The fourth-order valence-electron chi connectivity index (χ4n) is 0.443. The van der Waals surface area contributed by atoms with Crippen LogP contribution in [0.2, 0.25) is 0 Å². The van der Waals surface area contributed by atoms with Crippen LogP contribution in [-0.4, -0.2) is 38.9 Å². The monoisotopic (exact) mass is 163 g/mol. The summed E-state index contributed by atoms with van der Waals surface area (Å²) in [5.74, 6) is -2.78. The van der Waals surface area contributed by atoms with Gasteiger partial charge in [-0.3, -0.25) is 4.79 Å². The lowest BCUT2D eigenvalue weighted by Gasteiger charge is -2.22. The quantitative estimate of drug-likeness (QED) is 0.273. The first-order valence-corrected chi connectivity index (χ1v) is 2.73. The van der Waals surface area contributed by atoms with Crippen LogP contribution in [0, 0.1) is 0 Å². The van der Waals surface area contributed by atoms with Crippen molar-refractivity contribution in [3.63, 3.8) is 0 Å². The number of rotatable bonds is 3. The van der Waals surface area contributed by atoms with Crippen LogP contribution in [0.25, 0.3) is 0 Å². The summed E-state index contributed by atoms with van der Waals surface area (Å²) in [6, 6.07) is 0. The number of ketones is 1. The van der Waals surface area contributed by atoms with Crippen LogP contribution in [0.5, 0.6) is 0 Å². The minimum Gasteiger partial charge on any atom is -0.479 e. The first-order valence-electron chi connectivity index (χ1n) is 2.73. The van der Waals surface area contributed by atoms with E-state index in [1.54, 1.807) is 0 Å². The first kappa shape index (κ1) is 10.0. The number of Topliss-reactive ketones (excluding diaryl/α,β-unsaturated/α-hetero) is 1. The van der Waals surface area contributed by atoms with Gasteiger partial charge in [-0.15, -0.1) is 0 Å². The molecule has 0 amide bonds. The Hall–Kier alpha value is -0.980. The molecule has 0 aliphatic heterocycles. The van der Waals surface area contributed by atoms with E-state index < -0.39 is 23.6 Å². The Morgan fingerprint density at radius 3 is 1.82 bits per heavy atom. The Kier molecular flexibility index (Phi) is 2.69. The maximum absolute atomic E-state index is 10.5. The third-order valence-electron chi connectivity index (χ3n) is 1.34. The third kappa shape index (κ3) is 1.53. The van der Waals surface area contributed by atoms with E-state index in [9.17, 15) is 9.59 Å². The Labute approximate surface area is 62.2 Å². The molecular formula is C5H9NO5. The summed E-state index contributed by atoms with van der Waals surface area (Å²) in [6.07, 6.45) is -2.39. The number of aliphatic hydroxyl groups is 2. The number of carbonyl (C=O) groups excluding carboxylic acids is 1. The molecule has 0 radical (unpaired) electrons. The normalized spacial score (nSPS) is 16.1. The van der Waals surface area contributed by atoms with Gasteiger partial charge in [-0.1, -0.05) is 0 Å². The Bertz CT molecular complexity index is 173. The third-order valence-corrected chi connectivity index (χ3v) is 1.34. The summed E-state index contributed by atoms with van der Waals surface area (Å²) in [7, 11) is 0. The molecule has 64 valence electrons. The fraction of sp³-hybridized carbons (Fsp3) is 0.600. The molecule has 11 heavy (non-hydrogen) atoms. The van der Waals surface area contributed by atoms with Crippen molar-refractivity contribution in [1.29, 1.82) is 0 Å². The van der Waals surface area contributed by atoms with Gasteiger partial charge in [-0.05, 0) is 6.92 Å². The lowest BCUT2D eigenvalue weighted by molar-refractivity contribution is -0.167. The number of carbonyl (C=O) groups is 2. The topological polar surface area (TPSA) is 121 Å². The van der Waals surface area contributed by atoms with Crippen LogP contribution in [-0.2, 0) is 9.59 Å². The van der Waals surface area contributed by atoms with Crippen LogP contribution in [0.4, 0.5) is 0 Å². The van der Waals surface area contributed by atoms with Gasteiger partial charge in [0.2, 0.25) is 5.54 Å². The lowest BCUT2D eigenvalue weighted by atomic mass is 9.96. The molecule has 0 aliphatic rings. The molecule has 0 spiro atoms. The molecule has 0 bridgehead atoms. The van der Waals surface area contributed by atoms with E-state index in [-0.39, 0.29) is 0 Å². The number of aliphatic carboxylic acids is 1. The molecular weight excluding hydrogens is 154 g/mol. The Morgan fingerprint density at radius 2 is 1.82 bits per heavy atom. The summed E-state index contributed by atoms with van der Waals surface area (Å²) in [5.41, 5.74) is 2.27. The average Bonchev–Trinajstić information content (AvgIpc) is 1.84. The number of carboxylic acids is 1. The van der Waals surface area contributed by atoms with Crippen LogP contribution in [0.3, 0.4) is 0 Å². The van der Waals surface area contributed by atoms with E-state index in [2.05, 4.69) is 0 Å². The van der Waals surface area contributed by atoms with Crippen molar-refractivity contribution in [3.8, 4) is 0 Å². The highest BCUT2D eigenvalue weighted by atomic mass is 16.5. The van der Waals surface area contributed by atoms with Gasteiger partial charge in [0.15, 0.2) is 12.1 Å². The lowest BCUT2D eigenvalue weighted by Crippen LogP contribution is -2.62. The number of aliphatic hydroxyl groups excluding tert-OH is 1. The minimum atomic E-state index is -2.61. The number of nitrogens with two attached hydrogens (primary N) is 1. The van der Waals surface area contributed by atoms with Crippen molar-refractivity contribution in [1.82, 2.24) is 0 Å². The van der Waals surface area contributed by atoms with Crippen LogP contribution >= 0.6 is 0 Å².